The maximum atomic E-state index is 14.2. The minimum absolute atomic E-state index is 0.0000608. The Hall–Kier alpha value is -8.97. The van der Waals surface area contributed by atoms with Crippen LogP contribution in [0.1, 0.15) is 17.0 Å². The van der Waals surface area contributed by atoms with Gasteiger partial charge in [0.1, 0.15) is 0 Å². The number of ether oxygens (including phenoxy) is 2. The summed E-state index contributed by atoms with van der Waals surface area (Å²) in [6.07, 6.45) is 6.90. The zero-order valence-electron chi connectivity index (χ0n) is 37.9. The molecule has 6 aromatic heterocycles. The molecule has 2 fully saturated rings. The van der Waals surface area contributed by atoms with Gasteiger partial charge in [0.2, 0.25) is 11.9 Å². The van der Waals surface area contributed by atoms with E-state index in [0.29, 0.717) is 69.7 Å². The number of hydrogen-bond donors (Lipinski definition) is 6. The lowest BCUT2D eigenvalue weighted by Crippen LogP contribution is -2.37. The number of nitrogens with zero attached hydrogens (tertiary/aromatic N) is 12. The van der Waals surface area contributed by atoms with Crippen molar-refractivity contribution >= 4 is 58.7 Å². The molecule has 0 spiro atoms. The SMILES string of the molecule is Fc1cnc(N/N=C/c2ccc(Nc3ccc(-c4ccn[nH]4)c(C(F)(F)F)c3)cn2)nc1N1CCOCC1.Fc1cnc(N/N=C/c2ccc(Nc3ccc(-c4ccn[nH]4)cc3)cn2)nc1N1CCOCC1. The van der Waals surface area contributed by atoms with Crippen molar-refractivity contribution in [3.05, 3.63) is 145 Å². The van der Waals surface area contributed by atoms with Crippen molar-refractivity contribution in [1.82, 2.24) is 50.3 Å². The summed E-state index contributed by atoms with van der Waals surface area (Å²) in [6.45, 7) is 4.25. The fourth-order valence-corrected chi connectivity index (χ4v) is 7.22. The lowest BCUT2D eigenvalue weighted by Gasteiger charge is -2.27. The molecule has 25 heteroatoms. The Balaban J connectivity index is 0.000000179. The van der Waals surface area contributed by atoms with Gasteiger partial charge in [0, 0.05) is 55.5 Å². The molecule has 8 aromatic rings. The van der Waals surface area contributed by atoms with Gasteiger partial charge in [-0.2, -0.15) is 43.5 Å². The quantitative estimate of drug-likeness (QED) is 0.0346. The molecule has 8 heterocycles. The molecule has 2 aliphatic heterocycles. The second kappa shape index (κ2) is 22.6. The third kappa shape index (κ3) is 12.6. The van der Waals surface area contributed by atoms with Crippen LogP contribution < -0.4 is 31.3 Å². The Morgan fingerprint density at radius 3 is 1.51 bits per heavy atom. The number of pyridine rings is 2. The number of rotatable bonds is 14. The minimum Gasteiger partial charge on any atom is -0.378 e. The highest BCUT2D eigenvalue weighted by Crippen LogP contribution is 2.38. The number of aromatic nitrogens is 10. The smallest absolute Gasteiger partial charge is 0.378 e. The van der Waals surface area contributed by atoms with E-state index in [1.54, 1.807) is 41.7 Å². The van der Waals surface area contributed by atoms with Crippen LogP contribution in [0.3, 0.4) is 0 Å². The van der Waals surface area contributed by atoms with Crippen molar-refractivity contribution in [2.45, 2.75) is 6.18 Å². The molecule has 72 heavy (non-hydrogen) atoms. The Kier molecular flexibility index (Phi) is 15.1. The van der Waals surface area contributed by atoms with Crippen LogP contribution in [-0.2, 0) is 15.7 Å². The zero-order valence-corrected chi connectivity index (χ0v) is 37.9. The van der Waals surface area contributed by atoms with Crippen LogP contribution in [0, 0.1) is 11.6 Å². The number of anilines is 8. The van der Waals surface area contributed by atoms with E-state index in [-0.39, 0.29) is 40.5 Å². The van der Waals surface area contributed by atoms with E-state index in [9.17, 15) is 22.0 Å². The Bertz CT molecular complexity index is 3060. The highest BCUT2D eigenvalue weighted by molar-refractivity contribution is 5.79. The molecule has 0 unspecified atom stereocenters. The third-order valence-electron chi connectivity index (χ3n) is 10.8. The van der Waals surface area contributed by atoms with Crippen molar-refractivity contribution in [1.29, 1.82) is 0 Å². The van der Waals surface area contributed by atoms with Crippen molar-refractivity contribution in [2.24, 2.45) is 10.2 Å². The average molecular weight is 987 g/mol. The number of aromatic amines is 2. The van der Waals surface area contributed by atoms with Crippen molar-refractivity contribution in [3.63, 3.8) is 0 Å². The number of hydrazone groups is 2. The van der Waals surface area contributed by atoms with Crippen LogP contribution in [0.15, 0.2) is 126 Å². The van der Waals surface area contributed by atoms with Gasteiger partial charge < -0.3 is 29.9 Å². The monoisotopic (exact) mass is 986 g/mol. The van der Waals surface area contributed by atoms with Gasteiger partial charge >= 0.3 is 6.18 Å². The van der Waals surface area contributed by atoms with Gasteiger partial charge in [-0.15, -0.1) is 0 Å². The van der Waals surface area contributed by atoms with Crippen LogP contribution in [0.25, 0.3) is 22.5 Å². The van der Waals surface area contributed by atoms with Gasteiger partial charge in [-0.05, 0) is 66.2 Å². The largest absolute Gasteiger partial charge is 0.417 e. The first-order valence-electron chi connectivity index (χ1n) is 22.2. The average Bonchev–Trinajstić information content (AvgIpc) is 4.16. The molecule has 0 amide bonds. The fourth-order valence-electron chi connectivity index (χ4n) is 7.22. The van der Waals surface area contributed by atoms with Gasteiger partial charge in [-0.3, -0.25) is 20.2 Å². The number of hydrogen-bond acceptors (Lipinski definition) is 18. The van der Waals surface area contributed by atoms with Gasteiger partial charge in [0.05, 0.1) is 103 Å². The molecular formula is C47H43F5N18O2. The number of H-pyrrole nitrogens is 2. The molecule has 0 atom stereocenters. The van der Waals surface area contributed by atoms with E-state index in [1.165, 1.54) is 30.7 Å². The van der Waals surface area contributed by atoms with Crippen LogP contribution in [-0.4, -0.2) is 115 Å². The summed E-state index contributed by atoms with van der Waals surface area (Å²) >= 11 is 0. The first-order valence-corrected chi connectivity index (χ1v) is 22.2. The van der Waals surface area contributed by atoms with Gasteiger partial charge in [-0.1, -0.05) is 18.2 Å². The summed E-state index contributed by atoms with van der Waals surface area (Å²) in [7, 11) is 0. The Morgan fingerprint density at radius 2 is 1.04 bits per heavy atom. The van der Waals surface area contributed by atoms with Gasteiger partial charge in [-0.25, -0.2) is 29.6 Å². The summed E-state index contributed by atoms with van der Waals surface area (Å²) in [5, 5.41) is 27.6. The fraction of sp³-hybridized carbons (Fsp3) is 0.191. The molecule has 2 aromatic carbocycles. The number of morpholine rings is 2. The molecule has 0 saturated carbocycles. The van der Waals surface area contributed by atoms with E-state index in [4.69, 9.17) is 9.47 Å². The molecule has 2 aliphatic rings. The predicted octanol–water partition coefficient (Wildman–Crippen LogP) is 7.87. The summed E-state index contributed by atoms with van der Waals surface area (Å²) < 4.78 is 79.8. The molecule has 368 valence electrons. The maximum absolute atomic E-state index is 14.2. The minimum atomic E-state index is -4.55. The number of nitrogens with one attached hydrogen (secondary N) is 6. The normalized spacial score (nSPS) is 14.0. The molecule has 10 rings (SSSR count). The second-order valence-electron chi connectivity index (χ2n) is 15.6. The number of alkyl halides is 3. The summed E-state index contributed by atoms with van der Waals surface area (Å²) in [5.41, 5.74) is 10.5. The summed E-state index contributed by atoms with van der Waals surface area (Å²) in [4.78, 5) is 28.5. The number of benzene rings is 2. The van der Waals surface area contributed by atoms with Crippen LogP contribution in [0.5, 0.6) is 0 Å². The first kappa shape index (κ1) is 48.1. The molecular weight excluding hydrogens is 944 g/mol. The van der Waals surface area contributed by atoms with Gasteiger partial charge in [0.15, 0.2) is 23.3 Å². The van der Waals surface area contributed by atoms with Crippen molar-refractivity contribution in [3.8, 4) is 22.5 Å². The second-order valence-corrected chi connectivity index (χ2v) is 15.6. The van der Waals surface area contributed by atoms with Crippen molar-refractivity contribution in [2.75, 3.05) is 83.9 Å². The molecule has 0 radical (unpaired) electrons. The molecule has 6 N–H and O–H groups in total. The molecule has 0 aliphatic carbocycles. The lowest BCUT2D eigenvalue weighted by molar-refractivity contribution is -0.137. The van der Waals surface area contributed by atoms with E-state index in [0.717, 1.165) is 41.1 Å². The van der Waals surface area contributed by atoms with E-state index in [2.05, 4.69) is 82.0 Å². The van der Waals surface area contributed by atoms with Gasteiger partial charge in [0.25, 0.3) is 0 Å². The third-order valence-corrected chi connectivity index (χ3v) is 10.8. The van der Waals surface area contributed by atoms with Crippen LogP contribution >= 0.6 is 0 Å². The van der Waals surface area contributed by atoms with Crippen LogP contribution in [0.4, 0.5) is 68.2 Å². The molecule has 0 bridgehead atoms. The lowest BCUT2D eigenvalue weighted by atomic mass is 10.0. The Morgan fingerprint density at radius 1 is 0.556 bits per heavy atom. The van der Waals surface area contributed by atoms with Crippen molar-refractivity contribution < 1.29 is 31.4 Å². The first-order chi connectivity index (χ1) is 35.1. The highest BCUT2D eigenvalue weighted by atomic mass is 19.4. The summed E-state index contributed by atoms with van der Waals surface area (Å²) in [6, 6.07) is 22.4. The Labute approximate surface area is 406 Å². The van der Waals surface area contributed by atoms with E-state index < -0.39 is 23.4 Å². The van der Waals surface area contributed by atoms with E-state index in [1.807, 2.05) is 47.4 Å². The predicted molar refractivity (Wildman–Crippen MR) is 261 cm³/mol. The maximum Gasteiger partial charge on any atom is 0.417 e. The van der Waals surface area contributed by atoms with E-state index >= 15 is 0 Å². The zero-order chi connectivity index (χ0) is 49.7. The van der Waals surface area contributed by atoms with Crippen LogP contribution in [0.2, 0.25) is 0 Å². The summed E-state index contributed by atoms with van der Waals surface area (Å²) in [5.74, 6) is -0.290. The highest BCUT2D eigenvalue weighted by Gasteiger charge is 2.34. The molecule has 20 nitrogen and oxygen atoms in total. The standard InChI is InChI=1S/C24H21F4N9O.C23H22FN9O/c25-20-14-30-23(34-22(20)37-7-9-38-10-8-37)36-32-13-16-1-2-17(12-29-16)33-15-3-4-18(21-5-6-31-35-21)19(11-15)24(26,27)28;24-20-15-26-23(30-22(20)33-9-11-34-12-10-33)32-28-14-18-5-6-19(13-25-18)29-17-3-1-16(2-4-17)21-7-8-27-31-21/h1-6,11-14,33H,7-10H2,(H,31,35)(H,30,34,36);1-8,13-15,29H,9-12H2,(H,27,31)(H,26,30,32)/b32-13+;28-14+. The molecule has 2 saturated heterocycles. The topological polar surface area (TPSA) is 232 Å². The number of halogens is 5.